The monoisotopic (exact) mass is 477 g/mol. The molecule has 0 aliphatic carbocycles. The molecular weight excluding hydrogens is 450 g/mol. The van der Waals surface area contributed by atoms with Crippen LogP contribution in [0.3, 0.4) is 0 Å². The summed E-state index contributed by atoms with van der Waals surface area (Å²) in [7, 11) is 0. The Bertz CT molecular complexity index is 1240. The first-order valence-corrected chi connectivity index (χ1v) is 12.1. The van der Waals surface area contributed by atoms with E-state index in [0.29, 0.717) is 11.6 Å². The Morgan fingerprint density at radius 3 is 2.74 bits per heavy atom. The predicted molar refractivity (Wildman–Crippen MR) is 133 cm³/mol. The molecule has 0 saturated carbocycles. The number of aromatic amines is 1. The van der Waals surface area contributed by atoms with Crippen molar-refractivity contribution in [1.82, 2.24) is 15.2 Å². The van der Waals surface area contributed by atoms with Crippen molar-refractivity contribution in [2.24, 2.45) is 0 Å². The molecule has 5 rings (SSSR count). The minimum atomic E-state index is -0.370. The van der Waals surface area contributed by atoms with E-state index in [1.165, 1.54) is 5.56 Å². The van der Waals surface area contributed by atoms with Crippen LogP contribution in [0, 0.1) is 11.8 Å². The average Bonchev–Trinajstić information content (AvgIpc) is 3.22. The van der Waals surface area contributed by atoms with Gasteiger partial charge in [0.05, 0.1) is 0 Å². The zero-order chi connectivity index (χ0) is 23.5. The molecule has 34 heavy (non-hydrogen) atoms. The summed E-state index contributed by atoms with van der Waals surface area (Å²) in [5.74, 6) is 6.42. The lowest BCUT2D eigenvalue weighted by Gasteiger charge is -2.35. The molecule has 1 fully saturated rings. The summed E-state index contributed by atoms with van der Waals surface area (Å²) >= 11 is 6.29. The Kier molecular flexibility index (Phi) is 6.66. The SMILES string of the molecule is CC#CCOC(=O)N1CCc2c([nH]c3ccc(Cl)cc23)[C@@H]1c1ccc(OC2CCNCC2)cc1. The van der Waals surface area contributed by atoms with Gasteiger partial charge in [0.1, 0.15) is 17.9 Å². The highest BCUT2D eigenvalue weighted by Crippen LogP contribution is 2.39. The quantitative estimate of drug-likeness (QED) is 0.515. The van der Waals surface area contributed by atoms with Gasteiger partial charge in [-0.05, 0) is 80.7 Å². The van der Waals surface area contributed by atoms with E-state index >= 15 is 0 Å². The van der Waals surface area contributed by atoms with Crippen LogP contribution in [0.15, 0.2) is 42.5 Å². The zero-order valence-electron chi connectivity index (χ0n) is 19.2. The molecule has 2 aromatic carbocycles. The fourth-order valence-electron chi connectivity index (χ4n) is 4.89. The van der Waals surface area contributed by atoms with Crippen molar-refractivity contribution < 1.29 is 14.3 Å². The Balaban J connectivity index is 1.48. The first-order chi connectivity index (χ1) is 16.6. The smallest absolute Gasteiger partial charge is 0.411 e. The molecule has 2 aliphatic heterocycles. The van der Waals surface area contributed by atoms with Gasteiger partial charge in [-0.2, -0.15) is 0 Å². The highest BCUT2D eigenvalue weighted by Gasteiger charge is 2.35. The lowest BCUT2D eigenvalue weighted by Crippen LogP contribution is -2.41. The second-order valence-corrected chi connectivity index (χ2v) is 9.11. The van der Waals surface area contributed by atoms with Gasteiger partial charge in [0.15, 0.2) is 6.61 Å². The number of halogens is 1. The highest BCUT2D eigenvalue weighted by atomic mass is 35.5. The van der Waals surface area contributed by atoms with E-state index in [1.54, 1.807) is 11.8 Å². The maximum absolute atomic E-state index is 13.0. The molecule has 6 nitrogen and oxygen atoms in total. The van der Waals surface area contributed by atoms with Crippen LogP contribution < -0.4 is 10.1 Å². The Labute approximate surface area is 204 Å². The van der Waals surface area contributed by atoms with Crippen LogP contribution in [0.25, 0.3) is 10.9 Å². The molecule has 0 unspecified atom stereocenters. The standard InChI is InChI=1S/C27H28ClN3O3/c1-2-3-16-33-27(32)31-15-12-22-23-17-19(28)6-9-24(23)30-25(22)26(31)18-4-7-20(8-5-18)34-21-10-13-29-14-11-21/h4-9,17,21,26,29-30H,10-16H2,1H3/t26-/m0/s1. The maximum atomic E-state index is 13.0. The predicted octanol–water partition coefficient (Wildman–Crippen LogP) is 5.06. The summed E-state index contributed by atoms with van der Waals surface area (Å²) in [6, 6.07) is 13.6. The van der Waals surface area contributed by atoms with Gasteiger partial charge in [0, 0.05) is 28.2 Å². The van der Waals surface area contributed by atoms with Crippen LogP contribution in [0.5, 0.6) is 5.75 Å². The molecule has 1 amide bonds. The second kappa shape index (κ2) is 10.0. The number of rotatable bonds is 4. The minimum Gasteiger partial charge on any atom is -0.490 e. The number of aromatic nitrogens is 1. The van der Waals surface area contributed by atoms with Gasteiger partial charge in [-0.1, -0.05) is 29.7 Å². The van der Waals surface area contributed by atoms with E-state index < -0.39 is 0 Å². The number of H-pyrrole nitrogens is 1. The molecule has 0 spiro atoms. The molecule has 0 bridgehead atoms. The maximum Gasteiger partial charge on any atom is 0.411 e. The van der Waals surface area contributed by atoms with Crippen LogP contribution in [0.2, 0.25) is 5.02 Å². The van der Waals surface area contributed by atoms with E-state index in [9.17, 15) is 4.79 Å². The Morgan fingerprint density at radius 1 is 1.18 bits per heavy atom. The number of benzene rings is 2. The zero-order valence-corrected chi connectivity index (χ0v) is 20.0. The number of nitrogens with one attached hydrogen (secondary N) is 2. The molecule has 7 heteroatoms. The third-order valence-corrected chi connectivity index (χ3v) is 6.79. The molecular formula is C27H28ClN3O3. The number of ether oxygens (including phenoxy) is 2. The van der Waals surface area contributed by atoms with Gasteiger partial charge in [-0.15, -0.1) is 5.92 Å². The van der Waals surface area contributed by atoms with Gasteiger partial charge >= 0.3 is 6.09 Å². The second-order valence-electron chi connectivity index (χ2n) is 8.67. The lowest BCUT2D eigenvalue weighted by molar-refractivity contribution is 0.0993. The van der Waals surface area contributed by atoms with E-state index in [2.05, 4.69) is 22.1 Å². The van der Waals surface area contributed by atoms with Crippen LogP contribution in [-0.4, -0.2) is 48.3 Å². The number of nitrogens with zero attached hydrogens (tertiary/aromatic N) is 1. The van der Waals surface area contributed by atoms with E-state index in [0.717, 1.165) is 60.3 Å². The molecule has 1 aromatic heterocycles. The molecule has 2 aliphatic rings. The average molecular weight is 478 g/mol. The van der Waals surface area contributed by atoms with Crippen molar-refractivity contribution in [2.45, 2.75) is 38.3 Å². The van der Waals surface area contributed by atoms with Crippen molar-refractivity contribution in [3.8, 4) is 17.6 Å². The molecule has 1 atom stereocenters. The number of piperidine rings is 1. The molecule has 2 N–H and O–H groups in total. The summed E-state index contributed by atoms with van der Waals surface area (Å²) in [6.45, 7) is 4.32. The Hall–Kier alpha value is -3.14. The molecule has 0 radical (unpaired) electrons. The highest BCUT2D eigenvalue weighted by molar-refractivity contribution is 6.31. The molecule has 176 valence electrons. The van der Waals surface area contributed by atoms with Crippen molar-refractivity contribution in [2.75, 3.05) is 26.2 Å². The van der Waals surface area contributed by atoms with Crippen LogP contribution in [0.1, 0.15) is 42.6 Å². The summed E-state index contributed by atoms with van der Waals surface area (Å²) in [4.78, 5) is 18.4. The first-order valence-electron chi connectivity index (χ1n) is 11.7. The molecule has 1 saturated heterocycles. The fraction of sp³-hybridized carbons (Fsp3) is 0.370. The van der Waals surface area contributed by atoms with Crippen molar-refractivity contribution in [3.05, 3.63) is 64.3 Å². The number of hydrogen-bond donors (Lipinski definition) is 2. The first kappa shape index (κ1) is 22.6. The van der Waals surface area contributed by atoms with Gasteiger partial charge in [-0.25, -0.2) is 4.79 Å². The number of carbonyl (C=O) groups is 1. The topological polar surface area (TPSA) is 66.6 Å². The van der Waals surface area contributed by atoms with Gasteiger partial charge in [-0.3, -0.25) is 4.90 Å². The largest absolute Gasteiger partial charge is 0.490 e. The van der Waals surface area contributed by atoms with Gasteiger partial charge in [0.25, 0.3) is 0 Å². The van der Waals surface area contributed by atoms with Gasteiger partial charge < -0.3 is 19.8 Å². The third kappa shape index (κ3) is 4.59. The number of fused-ring (bicyclic) bond motifs is 3. The van der Waals surface area contributed by atoms with E-state index in [1.807, 2.05) is 42.5 Å². The summed E-state index contributed by atoms with van der Waals surface area (Å²) in [5.41, 5.74) is 4.19. The normalized spacial score (nSPS) is 18.2. The fourth-order valence-corrected chi connectivity index (χ4v) is 5.06. The van der Waals surface area contributed by atoms with E-state index in [4.69, 9.17) is 21.1 Å². The summed E-state index contributed by atoms with van der Waals surface area (Å²) in [5, 5.41) is 5.16. The summed E-state index contributed by atoms with van der Waals surface area (Å²) < 4.78 is 11.6. The lowest BCUT2D eigenvalue weighted by atomic mass is 9.92. The van der Waals surface area contributed by atoms with Crippen LogP contribution >= 0.6 is 11.6 Å². The minimum absolute atomic E-state index is 0.0801. The number of hydrogen-bond acceptors (Lipinski definition) is 4. The number of carbonyl (C=O) groups excluding carboxylic acids is 1. The van der Waals surface area contributed by atoms with Crippen molar-refractivity contribution >= 4 is 28.6 Å². The van der Waals surface area contributed by atoms with Crippen LogP contribution in [0.4, 0.5) is 4.79 Å². The van der Waals surface area contributed by atoms with Gasteiger partial charge in [0.2, 0.25) is 0 Å². The number of amides is 1. The van der Waals surface area contributed by atoms with Crippen molar-refractivity contribution in [3.63, 3.8) is 0 Å². The van der Waals surface area contributed by atoms with Crippen molar-refractivity contribution in [1.29, 1.82) is 0 Å². The third-order valence-electron chi connectivity index (χ3n) is 6.55. The Morgan fingerprint density at radius 2 is 1.97 bits per heavy atom. The summed E-state index contributed by atoms with van der Waals surface area (Å²) in [6.07, 6.45) is 2.60. The molecule has 3 aromatic rings. The van der Waals surface area contributed by atoms with Crippen LogP contribution in [-0.2, 0) is 11.2 Å². The molecule has 3 heterocycles. The van der Waals surface area contributed by atoms with E-state index in [-0.39, 0.29) is 24.8 Å².